The van der Waals surface area contributed by atoms with Crippen LogP contribution < -0.4 is 15.8 Å². The molecule has 0 aliphatic heterocycles. The van der Waals surface area contributed by atoms with Crippen molar-refractivity contribution in [3.05, 3.63) is 53.3 Å². The predicted molar refractivity (Wildman–Crippen MR) is 85.8 cm³/mol. The number of ether oxygens (including phenoxy) is 1. The molecule has 1 aromatic heterocycles. The van der Waals surface area contributed by atoms with Gasteiger partial charge >= 0.3 is 0 Å². The molecule has 0 radical (unpaired) electrons. The highest BCUT2D eigenvalue weighted by Crippen LogP contribution is 2.22. The third-order valence-corrected chi connectivity index (χ3v) is 3.22. The summed E-state index contributed by atoms with van der Waals surface area (Å²) in [6.45, 7) is 1.89. The monoisotopic (exact) mass is 301 g/mol. The van der Waals surface area contributed by atoms with Crippen LogP contribution in [0.25, 0.3) is 0 Å². The molecule has 0 saturated carbocycles. The number of anilines is 1. The third kappa shape index (κ3) is 3.17. The molecule has 0 aliphatic carbocycles. The Kier molecular flexibility index (Phi) is 4.49. The van der Waals surface area contributed by atoms with Crippen molar-refractivity contribution in [1.82, 2.24) is 4.98 Å². The lowest BCUT2D eigenvalue weighted by molar-refractivity contribution is 0.102. The molecule has 1 amide bonds. The van der Waals surface area contributed by atoms with Gasteiger partial charge in [-0.2, -0.15) is 0 Å². The highest BCUT2D eigenvalue weighted by molar-refractivity contribution is 7.80. The number of hydrogen-bond acceptors (Lipinski definition) is 4. The minimum absolute atomic E-state index is 0.241. The molecule has 1 aromatic carbocycles. The lowest BCUT2D eigenvalue weighted by Crippen LogP contribution is -2.19. The van der Waals surface area contributed by atoms with E-state index in [9.17, 15) is 4.79 Å². The van der Waals surface area contributed by atoms with Crippen LogP contribution in [0.1, 0.15) is 21.5 Å². The van der Waals surface area contributed by atoms with E-state index < -0.39 is 0 Å². The van der Waals surface area contributed by atoms with Gasteiger partial charge in [0.2, 0.25) is 0 Å². The number of hydrogen-bond donors (Lipinski definition) is 2. The maximum Gasteiger partial charge on any atom is 0.259 e. The van der Waals surface area contributed by atoms with E-state index in [0.717, 1.165) is 5.56 Å². The van der Waals surface area contributed by atoms with E-state index in [1.807, 2.05) is 19.1 Å². The summed E-state index contributed by atoms with van der Waals surface area (Å²) < 4.78 is 5.13. The van der Waals surface area contributed by atoms with Crippen LogP contribution in [0.2, 0.25) is 0 Å². The molecule has 0 aliphatic rings. The first-order valence-electron chi connectivity index (χ1n) is 6.23. The van der Waals surface area contributed by atoms with Gasteiger partial charge in [-0.25, -0.2) is 0 Å². The summed E-state index contributed by atoms with van der Waals surface area (Å²) >= 11 is 5.05. The van der Waals surface area contributed by atoms with Crippen LogP contribution in [0.4, 0.5) is 5.69 Å². The summed E-state index contributed by atoms with van der Waals surface area (Å²) in [6, 6.07) is 7.06. The van der Waals surface area contributed by atoms with E-state index in [1.165, 1.54) is 19.5 Å². The SMILES string of the molecule is COc1cnccc1C(=O)Nc1cccc(C)c1C(N)=S. The smallest absolute Gasteiger partial charge is 0.259 e. The quantitative estimate of drug-likeness (QED) is 0.847. The maximum absolute atomic E-state index is 12.4. The van der Waals surface area contributed by atoms with Crippen molar-refractivity contribution in [1.29, 1.82) is 0 Å². The van der Waals surface area contributed by atoms with Crippen LogP contribution in [0.15, 0.2) is 36.7 Å². The molecule has 0 fully saturated rings. The summed E-state index contributed by atoms with van der Waals surface area (Å²) in [6.07, 6.45) is 3.02. The van der Waals surface area contributed by atoms with Gasteiger partial charge in [0.25, 0.3) is 5.91 Å². The molecule has 2 aromatic rings. The number of carbonyl (C=O) groups is 1. The summed E-state index contributed by atoms with van der Waals surface area (Å²) in [5.74, 6) is 0.0943. The number of nitrogens with zero attached hydrogens (tertiary/aromatic N) is 1. The molecule has 3 N–H and O–H groups in total. The molecule has 0 saturated heterocycles. The van der Waals surface area contributed by atoms with Crippen LogP contribution in [0.5, 0.6) is 5.75 Å². The average molecular weight is 301 g/mol. The van der Waals surface area contributed by atoms with Crippen LogP contribution in [0.3, 0.4) is 0 Å². The fourth-order valence-electron chi connectivity index (χ4n) is 2.02. The Labute approximate surface area is 128 Å². The number of carbonyl (C=O) groups excluding carboxylic acids is 1. The zero-order chi connectivity index (χ0) is 15.4. The van der Waals surface area contributed by atoms with Gasteiger partial charge < -0.3 is 15.8 Å². The first kappa shape index (κ1) is 14.9. The number of amides is 1. The van der Waals surface area contributed by atoms with Gasteiger partial charge in [-0.1, -0.05) is 24.4 Å². The minimum Gasteiger partial charge on any atom is -0.494 e. The van der Waals surface area contributed by atoms with Crippen LogP contribution in [-0.4, -0.2) is 23.0 Å². The molecule has 108 valence electrons. The van der Waals surface area contributed by atoms with Gasteiger partial charge in [-0.15, -0.1) is 0 Å². The van der Waals surface area contributed by atoms with Crippen LogP contribution >= 0.6 is 12.2 Å². The summed E-state index contributed by atoms with van der Waals surface area (Å²) in [4.78, 5) is 16.5. The molecule has 5 nitrogen and oxygen atoms in total. The predicted octanol–water partition coefficient (Wildman–Crippen LogP) is 2.29. The molecule has 0 atom stereocenters. The number of nitrogens with one attached hydrogen (secondary N) is 1. The number of aromatic nitrogens is 1. The standard InChI is InChI=1S/C15H15N3O2S/c1-9-4-3-5-11(13(9)14(16)21)18-15(19)10-6-7-17-8-12(10)20-2/h3-8H,1-2H3,(H2,16,21)(H,18,19). The zero-order valence-electron chi connectivity index (χ0n) is 11.7. The topological polar surface area (TPSA) is 77.2 Å². The molecular weight excluding hydrogens is 286 g/mol. The largest absolute Gasteiger partial charge is 0.494 e. The van der Waals surface area contributed by atoms with Gasteiger partial charge in [0, 0.05) is 11.8 Å². The second-order valence-electron chi connectivity index (χ2n) is 4.39. The number of rotatable bonds is 4. The van der Waals surface area contributed by atoms with Gasteiger partial charge in [0.15, 0.2) is 0 Å². The zero-order valence-corrected chi connectivity index (χ0v) is 12.5. The minimum atomic E-state index is -0.308. The molecule has 21 heavy (non-hydrogen) atoms. The first-order valence-corrected chi connectivity index (χ1v) is 6.64. The molecule has 0 spiro atoms. The Balaban J connectivity index is 2.37. The molecule has 0 bridgehead atoms. The average Bonchev–Trinajstić information content (AvgIpc) is 2.46. The van der Waals surface area contributed by atoms with Crippen molar-refractivity contribution in [2.75, 3.05) is 12.4 Å². The van der Waals surface area contributed by atoms with Crippen molar-refractivity contribution in [3.63, 3.8) is 0 Å². The molecule has 2 rings (SSSR count). The van der Waals surface area contributed by atoms with Crippen molar-refractivity contribution >= 4 is 28.8 Å². The van der Waals surface area contributed by atoms with Gasteiger partial charge in [0.05, 0.1) is 24.6 Å². The Morgan fingerprint density at radius 2 is 2.14 bits per heavy atom. The van der Waals surface area contributed by atoms with Crippen molar-refractivity contribution in [2.24, 2.45) is 5.73 Å². The number of benzene rings is 1. The Morgan fingerprint density at radius 3 is 2.81 bits per heavy atom. The van der Waals surface area contributed by atoms with E-state index in [2.05, 4.69) is 10.3 Å². The van der Waals surface area contributed by atoms with E-state index in [0.29, 0.717) is 22.6 Å². The summed E-state index contributed by atoms with van der Waals surface area (Å²) in [5.41, 5.74) is 8.26. The number of methoxy groups -OCH3 is 1. The van der Waals surface area contributed by atoms with E-state index in [-0.39, 0.29) is 10.9 Å². The number of pyridine rings is 1. The third-order valence-electron chi connectivity index (χ3n) is 3.02. The number of thiocarbonyl (C=S) groups is 1. The van der Waals surface area contributed by atoms with Crippen LogP contribution in [0, 0.1) is 6.92 Å². The lowest BCUT2D eigenvalue weighted by Gasteiger charge is -2.13. The van der Waals surface area contributed by atoms with Gasteiger partial charge in [-0.05, 0) is 24.6 Å². The Bertz CT molecular complexity index is 701. The molecular formula is C15H15N3O2S. The number of nitrogens with two attached hydrogens (primary N) is 1. The fourth-order valence-corrected chi connectivity index (χ4v) is 2.29. The van der Waals surface area contributed by atoms with E-state index >= 15 is 0 Å². The van der Waals surface area contributed by atoms with E-state index in [1.54, 1.807) is 12.1 Å². The molecule has 0 unspecified atom stereocenters. The lowest BCUT2D eigenvalue weighted by atomic mass is 10.1. The van der Waals surface area contributed by atoms with Crippen LogP contribution in [-0.2, 0) is 0 Å². The van der Waals surface area contributed by atoms with E-state index in [4.69, 9.17) is 22.7 Å². The Hall–Kier alpha value is -2.47. The van der Waals surface area contributed by atoms with Crippen molar-refractivity contribution in [3.8, 4) is 5.75 Å². The molecule has 6 heteroatoms. The summed E-state index contributed by atoms with van der Waals surface area (Å²) in [5, 5.41) is 2.81. The number of aryl methyl sites for hydroxylation is 1. The normalized spacial score (nSPS) is 10.0. The highest BCUT2D eigenvalue weighted by Gasteiger charge is 2.15. The second-order valence-corrected chi connectivity index (χ2v) is 4.83. The first-order chi connectivity index (χ1) is 10.0. The Morgan fingerprint density at radius 1 is 1.38 bits per heavy atom. The van der Waals surface area contributed by atoms with Gasteiger partial charge in [-0.3, -0.25) is 9.78 Å². The highest BCUT2D eigenvalue weighted by atomic mass is 32.1. The summed E-state index contributed by atoms with van der Waals surface area (Å²) in [7, 11) is 1.49. The fraction of sp³-hybridized carbons (Fsp3) is 0.133. The second kappa shape index (κ2) is 6.32. The van der Waals surface area contributed by atoms with Crippen molar-refractivity contribution < 1.29 is 9.53 Å². The van der Waals surface area contributed by atoms with Crippen molar-refractivity contribution in [2.45, 2.75) is 6.92 Å². The van der Waals surface area contributed by atoms with Gasteiger partial charge in [0.1, 0.15) is 10.7 Å². The molecule has 1 heterocycles. The maximum atomic E-state index is 12.4.